The number of amides is 1. The van der Waals surface area contributed by atoms with Crippen molar-refractivity contribution in [3.05, 3.63) is 79.0 Å². The van der Waals surface area contributed by atoms with E-state index in [1.54, 1.807) is 24.0 Å². The SMILES string of the molecule is COC1CCC(NC(=O)c2cnn3ccc(-c4c[nH]c5nc(-c6ccc7ncccc7c6)ncc45)cc23)CC1. The molecule has 1 aliphatic rings. The van der Waals surface area contributed by atoms with Gasteiger partial charge in [-0.1, -0.05) is 6.07 Å². The second-order valence-electron chi connectivity index (χ2n) is 10.1. The fourth-order valence-electron chi connectivity index (χ4n) is 5.53. The van der Waals surface area contributed by atoms with Gasteiger partial charge in [0.2, 0.25) is 0 Å². The Bertz CT molecular complexity index is 1830. The Labute approximate surface area is 224 Å². The van der Waals surface area contributed by atoms with Gasteiger partial charge in [-0.2, -0.15) is 5.10 Å². The van der Waals surface area contributed by atoms with E-state index in [9.17, 15) is 4.79 Å². The number of aromatic nitrogens is 6. The van der Waals surface area contributed by atoms with Gasteiger partial charge in [-0.3, -0.25) is 9.78 Å². The van der Waals surface area contributed by atoms with Gasteiger partial charge in [0, 0.05) is 59.8 Å². The summed E-state index contributed by atoms with van der Waals surface area (Å²) >= 11 is 0. The summed E-state index contributed by atoms with van der Waals surface area (Å²) in [6.45, 7) is 0. The van der Waals surface area contributed by atoms with Gasteiger partial charge in [0.15, 0.2) is 5.82 Å². The molecule has 1 saturated carbocycles. The Morgan fingerprint density at radius 2 is 1.95 bits per heavy atom. The molecule has 5 heterocycles. The third kappa shape index (κ3) is 4.30. The molecular formula is C30H27N7O2. The molecule has 0 aliphatic heterocycles. The van der Waals surface area contributed by atoms with Crippen molar-refractivity contribution in [1.29, 1.82) is 0 Å². The molecule has 9 nitrogen and oxygen atoms in total. The molecule has 194 valence electrons. The number of pyridine rings is 2. The lowest BCUT2D eigenvalue weighted by Crippen LogP contribution is -2.38. The van der Waals surface area contributed by atoms with Crippen LogP contribution in [0, 0.1) is 0 Å². The summed E-state index contributed by atoms with van der Waals surface area (Å²) < 4.78 is 7.19. The van der Waals surface area contributed by atoms with Crippen molar-refractivity contribution in [3.8, 4) is 22.5 Å². The topological polar surface area (TPSA) is 110 Å². The lowest BCUT2D eigenvalue weighted by atomic mass is 9.93. The molecule has 0 radical (unpaired) electrons. The zero-order valence-corrected chi connectivity index (χ0v) is 21.5. The first-order chi connectivity index (χ1) is 19.2. The van der Waals surface area contributed by atoms with Crippen molar-refractivity contribution < 1.29 is 9.53 Å². The van der Waals surface area contributed by atoms with Crippen molar-refractivity contribution >= 4 is 33.4 Å². The quantitative estimate of drug-likeness (QED) is 0.326. The third-order valence-corrected chi connectivity index (χ3v) is 7.71. The van der Waals surface area contributed by atoms with E-state index in [1.807, 2.05) is 55.0 Å². The van der Waals surface area contributed by atoms with Crippen LogP contribution < -0.4 is 5.32 Å². The minimum atomic E-state index is -0.0968. The van der Waals surface area contributed by atoms with Gasteiger partial charge in [-0.25, -0.2) is 14.5 Å². The van der Waals surface area contributed by atoms with Crippen LogP contribution >= 0.6 is 0 Å². The number of aromatic amines is 1. The molecule has 1 fully saturated rings. The summed E-state index contributed by atoms with van der Waals surface area (Å²) in [7, 11) is 1.75. The Hall–Kier alpha value is -4.63. The molecule has 0 saturated heterocycles. The highest BCUT2D eigenvalue weighted by Gasteiger charge is 2.24. The maximum absolute atomic E-state index is 13.2. The summed E-state index contributed by atoms with van der Waals surface area (Å²) in [6.07, 6.45) is 13.1. The number of methoxy groups -OCH3 is 1. The van der Waals surface area contributed by atoms with E-state index in [0.29, 0.717) is 17.5 Å². The largest absolute Gasteiger partial charge is 0.381 e. The lowest BCUT2D eigenvalue weighted by Gasteiger charge is -2.28. The summed E-state index contributed by atoms with van der Waals surface area (Å²) in [5.41, 5.74) is 5.86. The molecule has 5 aromatic heterocycles. The standard InChI is InChI=1S/C30H27N7O2/c1-39-22-7-5-21(6-8-22)35-30(38)25-17-34-37-12-10-18(14-27(25)37)23-15-33-29-24(23)16-32-28(36-29)20-4-9-26-19(13-20)3-2-11-31-26/h2-4,9-17,21-22H,5-8H2,1H3,(H,35,38)(H,32,33,36). The average molecular weight is 518 g/mol. The molecule has 2 N–H and O–H groups in total. The maximum Gasteiger partial charge on any atom is 0.255 e. The Kier molecular flexibility index (Phi) is 5.78. The van der Waals surface area contributed by atoms with Crippen LogP contribution in [0.4, 0.5) is 0 Å². The molecule has 0 bridgehead atoms. The summed E-state index contributed by atoms with van der Waals surface area (Å²) in [5, 5.41) is 9.56. The molecule has 0 spiro atoms. The summed E-state index contributed by atoms with van der Waals surface area (Å²) in [5.74, 6) is 0.548. The summed E-state index contributed by atoms with van der Waals surface area (Å²) in [6, 6.07) is 14.1. The number of carbonyl (C=O) groups excluding carboxylic acids is 1. The second-order valence-corrected chi connectivity index (χ2v) is 10.1. The molecule has 0 atom stereocenters. The zero-order chi connectivity index (χ0) is 26.3. The molecular weight excluding hydrogens is 490 g/mol. The molecule has 39 heavy (non-hydrogen) atoms. The van der Waals surface area contributed by atoms with Gasteiger partial charge in [0.1, 0.15) is 5.65 Å². The fourth-order valence-corrected chi connectivity index (χ4v) is 5.53. The van der Waals surface area contributed by atoms with Crippen LogP contribution in [0.25, 0.3) is 50.0 Å². The first-order valence-electron chi connectivity index (χ1n) is 13.2. The second kappa shape index (κ2) is 9.59. The van der Waals surface area contributed by atoms with E-state index in [1.165, 1.54) is 0 Å². The predicted octanol–water partition coefficient (Wildman–Crippen LogP) is 5.18. The third-order valence-electron chi connectivity index (χ3n) is 7.71. The molecule has 1 amide bonds. The number of nitrogens with zero attached hydrogens (tertiary/aromatic N) is 5. The smallest absolute Gasteiger partial charge is 0.255 e. The van der Waals surface area contributed by atoms with E-state index in [2.05, 4.69) is 31.4 Å². The van der Waals surface area contributed by atoms with Crippen molar-refractivity contribution in [2.45, 2.75) is 37.8 Å². The van der Waals surface area contributed by atoms with E-state index < -0.39 is 0 Å². The highest BCUT2D eigenvalue weighted by atomic mass is 16.5. The number of hydrogen-bond donors (Lipinski definition) is 2. The van der Waals surface area contributed by atoms with Crippen LogP contribution in [-0.4, -0.2) is 54.7 Å². The normalized spacial score (nSPS) is 17.7. The Morgan fingerprint density at radius 1 is 1.05 bits per heavy atom. The molecule has 6 aromatic rings. The van der Waals surface area contributed by atoms with Crippen LogP contribution in [0.15, 0.2) is 73.4 Å². The van der Waals surface area contributed by atoms with Gasteiger partial charge in [-0.15, -0.1) is 0 Å². The van der Waals surface area contributed by atoms with Crippen LogP contribution in [-0.2, 0) is 4.74 Å². The number of fused-ring (bicyclic) bond motifs is 3. The van der Waals surface area contributed by atoms with Crippen molar-refractivity contribution in [2.75, 3.05) is 7.11 Å². The Balaban J connectivity index is 1.18. The number of hydrogen-bond acceptors (Lipinski definition) is 6. The van der Waals surface area contributed by atoms with Gasteiger partial charge in [0.25, 0.3) is 5.91 Å². The van der Waals surface area contributed by atoms with E-state index in [-0.39, 0.29) is 11.9 Å². The lowest BCUT2D eigenvalue weighted by molar-refractivity contribution is 0.0599. The van der Waals surface area contributed by atoms with Crippen molar-refractivity contribution in [2.24, 2.45) is 0 Å². The first-order valence-corrected chi connectivity index (χ1v) is 13.2. The number of benzene rings is 1. The Morgan fingerprint density at radius 3 is 2.82 bits per heavy atom. The maximum atomic E-state index is 13.2. The number of carbonyl (C=O) groups is 1. The van der Waals surface area contributed by atoms with Crippen LogP contribution in [0.1, 0.15) is 36.0 Å². The van der Waals surface area contributed by atoms with E-state index >= 15 is 0 Å². The van der Waals surface area contributed by atoms with Gasteiger partial charge >= 0.3 is 0 Å². The fraction of sp³-hybridized carbons (Fsp3) is 0.233. The minimum absolute atomic E-state index is 0.0968. The number of ether oxygens (including phenoxy) is 1. The van der Waals surface area contributed by atoms with Gasteiger partial charge < -0.3 is 15.0 Å². The average Bonchev–Trinajstić information content (AvgIpc) is 3.61. The number of rotatable bonds is 5. The van der Waals surface area contributed by atoms with Crippen LogP contribution in [0.3, 0.4) is 0 Å². The van der Waals surface area contributed by atoms with Crippen LogP contribution in [0.5, 0.6) is 0 Å². The predicted molar refractivity (Wildman–Crippen MR) is 149 cm³/mol. The highest BCUT2D eigenvalue weighted by Crippen LogP contribution is 2.31. The monoisotopic (exact) mass is 517 g/mol. The van der Waals surface area contributed by atoms with E-state index in [0.717, 1.165) is 69.8 Å². The van der Waals surface area contributed by atoms with Gasteiger partial charge in [-0.05, 0) is 67.6 Å². The zero-order valence-electron chi connectivity index (χ0n) is 21.5. The van der Waals surface area contributed by atoms with Gasteiger partial charge in [0.05, 0.1) is 28.9 Å². The highest BCUT2D eigenvalue weighted by molar-refractivity contribution is 6.02. The summed E-state index contributed by atoms with van der Waals surface area (Å²) in [4.78, 5) is 30.3. The molecule has 9 heteroatoms. The van der Waals surface area contributed by atoms with Crippen LogP contribution in [0.2, 0.25) is 0 Å². The minimum Gasteiger partial charge on any atom is -0.381 e. The molecule has 7 rings (SSSR count). The molecule has 1 aliphatic carbocycles. The van der Waals surface area contributed by atoms with Crippen molar-refractivity contribution in [1.82, 2.24) is 34.9 Å². The number of H-pyrrole nitrogens is 1. The number of nitrogens with one attached hydrogen (secondary N) is 2. The first kappa shape index (κ1) is 23.5. The van der Waals surface area contributed by atoms with E-state index in [4.69, 9.17) is 9.72 Å². The molecule has 1 aromatic carbocycles. The van der Waals surface area contributed by atoms with Crippen molar-refractivity contribution in [3.63, 3.8) is 0 Å². The molecule has 0 unspecified atom stereocenters.